The van der Waals surface area contributed by atoms with E-state index < -0.39 is 35.0 Å². The molecule has 7 nitrogen and oxygen atoms in total. The highest BCUT2D eigenvalue weighted by atomic mass is 16.5. The third kappa shape index (κ3) is 2.43. The number of hydrogen-bond acceptors (Lipinski definition) is 7. The number of ether oxygens (including phenoxy) is 1. The van der Waals surface area contributed by atoms with Crippen LogP contribution in [0.5, 0.6) is 11.5 Å². The van der Waals surface area contributed by atoms with Gasteiger partial charge >= 0.3 is 5.97 Å². The first-order chi connectivity index (χ1) is 13.3. The summed E-state index contributed by atoms with van der Waals surface area (Å²) >= 11 is 0. The average molecular weight is 380 g/mol. The molecule has 142 valence electrons. The summed E-state index contributed by atoms with van der Waals surface area (Å²) in [6, 6.07) is 6.14. The SMILES string of the molecule is CC(=O)CCC1C(=O)OCc2c(O)c3c(c(O)c21)C(=O)c1ccccc1C3=O. The minimum absolute atomic E-state index is 0.0503. The average Bonchev–Trinajstić information content (AvgIpc) is 2.67. The quantitative estimate of drug-likeness (QED) is 0.529. The number of aromatic hydroxyl groups is 2. The molecule has 28 heavy (non-hydrogen) atoms. The van der Waals surface area contributed by atoms with Crippen LogP contribution in [0.2, 0.25) is 0 Å². The van der Waals surface area contributed by atoms with Crippen molar-refractivity contribution in [3.8, 4) is 11.5 Å². The molecule has 0 fully saturated rings. The van der Waals surface area contributed by atoms with E-state index in [-0.39, 0.29) is 58.6 Å². The van der Waals surface area contributed by atoms with Crippen LogP contribution in [0.25, 0.3) is 0 Å². The van der Waals surface area contributed by atoms with Crippen molar-refractivity contribution in [1.82, 2.24) is 0 Å². The maximum atomic E-state index is 13.0. The number of carbonyl (C=O) groups excluding carboxylic acids is 4. The topological polar surface area (TPSA) is 118 Å². The summed E-state index contributed by atoms with van der Waals surface area (Å²) in [5.74, 6) is -4.00. The highest BCUT2D eigenvalue weighted by Gasteiger charge is 2.42. The zero-order valence-corrected chi connectivity index (χ0v) is 14.9. The molecule has 4 rings (SSSR count). The molecule has 2 aromatic rings. The molecular formula is C21H16O7. The number of fused-ring (bicyclic) bond motifs is 3. The van der Waals surface area contributed by atoms with Gasteiger partial charge in [-0.2, -0.15) is 0 Å². The number of cyclic esters (lactones) is 1. The van der Waals surface area contributed by atoms with Gasteiger partial charge in [0.25, 0.3) is 0 Å². The number of hydrogen-bond donors (Lipinski definition) is 2. The number of phenols is 2. The molecule has 1 aliphatic heterocycles. The summed E-state index contributed by atoms with van der Waals surface area (Å²) in [7, 11) is 0. The molecule has 0 aromatic heterocycles. The maximum Gasteiger partial charge on any atom is 0.313 e. The highest BCUT2D eigenvalue weighted by molar-refractivity contribution is 6.30. The molecule has 1 atom stereocenters. The van der Waals surface area contributed by atoms with Gasteiger partial charge in [0, 0.05) is 28.7 Å². The van der Waals surface area contributed by atoms with Gasteiger partial charge in [-0.3, -0.25) is 14.4 Å². The van der Waals surface area contributed by atoms with Crippen molar-refractivity contribution >= 4 is 23.3 Å². The van der Waals surface area contributed by atoms with Crippen molar-refractivity contribution in [3.05, 3.63) is 57.6 Å². The molecule has 0 amide bonds. The fourth-order valence-corrected chi connectivity index (χ4v) is 3.88. The summed E-state index contributed by atoms with van der Waals surface area (Å²) < 4.78 is 5.09. The standard InChI is InChI=1S/C21H16O7/c1-9(22)6-7-12-14-13(8-28-21(12)27)19(25)15-16(20(14)26)18(24)11-5-3-2-4-10(11)17(15)23/h2-5,12,25-26H,6-8H2,1H3. The highest BCUT2D eigenvalue weighted by Crippen LogP contribution is 2.48. The fraction of sp³-hybridized carbons (Fsp3) is 0.238. The van der Waals surface area contributed by atoms with Gasteiger partial charge in [0.1, 0.15) is 23.9 Å². The molecule has 2 aliphatic rings. The van der Waals surface area contributed by atoms with Crippen molar-refractivity contribution in [2.24, 2.45) is 0 Å². The van der Waals surface area contributed by atoms with E-state index in [0.717, 1.165) is 0 Å². The molecule has 0 saturated heterocycles. The Kier molecular flexibility index (Phi) is 4.03. The van der Waals surface area contributed by atoms with E-state index in [2.05, 4.69) is 0 Å². The van der Waals surface area contributed by atoms with E-state index >= 15 is 0 Å². The Morgan fingerprint density at radius 3 is 2.18 bits per heavy atom. The lowest BCUT2D eigenvalue weighted by atomic mass is 9.77. The van der Waals surface area contributed by atoms with Crippen molar-refractivity contribution in [2.75, 3.05) is 0 Å². The number of carbonyl (C=O) groups is 4. The first-order valence-electron chi connectivity index (χ1n) is 8.78. The van der Waals surface area contributed by atoms with Gasteiger partial charge in [-0.1, -0.05) is 24.3 Å². The molecule has 0 radical (unpaired) electrons. The zero-order valence-electron chi connectivity index (χ0n) is 14.9. The van der Waals surface area contributed by atoms with Crippen LogP contribution < -0.4 is 0 Å². The van der Waals surface area contributed by atoms with E-state index in [1.165, 1.54) is 19.1 Å². The molecule has 1 unspecified atom stereocenters. The molecular weight excluding hydrogens is 364 g/mol. The summed E-state index contributed by atoms with van der Waals surface area (Å²) in [5.41, 5.74) is -0.214. The van der Waals surface area contributed by atoms with Gasteiger partial charge in [-0.15, -0.1) is 0 Å². The molecule has 0 saturated carbocycles. The number of benzene rings is 2. The van der Waals surface area contributed by atoms with E-state index in [0.29, 0.717) is 0 Å². The predicted octanol–water partition coefficient (Wildman–Crippen LogP) is 2.38. The van der Waals surface area contributed by atoms with Gasteiger partial charge in [0.2, 0.25) is 0 Å². The Labute approximate surface area is 159 Å². The Morgan fingerprint density at radius 2 is 1.61 bits per heavy atom. The lowest BCUT2D eigenvalue weighted by molar-refractivity contribution is -0.148. The van der Waals surface area contributed by atoms with Crippen LogP contribution in [-0.4, -0.2) is 33.5 Å². The van der Waals surface area contributed by atoms with Crippen LogP contribution in [-0.2, 0) is 20.9 Å². The second-order valence-corrected chi connectivity index (χ2v) is 6.94. The smallest absolute Gasteiger partial charge is 0.313 e. The second kappa shape index (κ2) is 6.30. The van der Waals surface area contributed by atoms with Gasteiger partial charge in [-0.05, 0) is 13.3 Å². The number of esters is 1. The Hall–Kier alpha value is -3.48. The molecule has 7 heteroatoms. The third-order valence-electron chi connectivity index (χ3n) is 5.24. The number of phenolic OH excluding ortho intramolecular Hbond substituents is 2. The molecule has 1 heterocycles. The van der Waals surface area contributed by atoms with Gasteiger partial charge in [0.15, 0.2) is 11.6 Å². The van der Waals surface area contributed by atoms with Crippen LogP contribution in [0.15, 0.2) is 24.3 Å². The lowest BCUT2D eigenvalue weighted by Crippen LogP contribution is -2.28. The molecule has 1 aliphatic carbocycles. The van der Waals surface area contributed by atoms with E-state index in [1.54, 1.807) is 12.1 Å². The van der Waals surface area contributed by atoms with E-state index in [1.807, 2.05) is 0 Å². The number of rotatable bonds is 3. The number of Topliss-reactive ketones (excluding diaryl/α,β-unsaturated/α-hetero) is 1. The summed E-state index contributed by atoms with van der Waals surface area (Å²) in [6.45, 7) is 1.04. The minimum Gasteiger partial charge on any atom is -0.507 e. The Balaban J connectivity index is 1.97. The monoisotopic (exact) mass is 380 g/mol. The summed E-state index contributed by atoms with van der Waals surface area (Å²) in [5, 5.41) is 21.7. The zero-order chi connectivity index (χ0) is 20.2. The van der Waals surface area contributed by atoms with Gasteiger partial charge in [0.05, 0.1) is 17.0 Å². The van der Waals surface area contributed by atoms with Crippen LogP contribution in [0.1, 0.15) is 68.7 Å². The van der Waals surface area contributed by atoms with Gasteiger partial charge in [-0.25, -0.2) is 0 Å². The normalized spacial score (nSPS) is 17.5. The molecule has 0 bridgehead atoms. The van der Waals surface area contributed by atoms with Crippen molar-refractivity contribution in [3.63, 3.8) is 0 Å². The summed E-state index contributed by atoms with van der Waals surface area (Å²) in [4.78, 5) is 49.5. The molecule has 2 N–H and O–H groups in total. The Bertz CT molecular complexity index is 1080. The summed E-state index contributed by atoms with van der Waals surface area (Å²) in [6.07, 6.45) is 0.123. The van der Waals surface area contributed by atoms with Crippen molar-refractivity contribution in [1.29, 1.82) is 0 Å². The Morgan fingerprint density at radius 1 is 1.04 bits per heavy atom. The van der Waals surface area contributed by atoms with E-state index in [4.69, 9.17) is 4.74 Å². The molecule has 0 spiro atoms. The van der Waals surface area contributed by atoms with Crippen LogP contribution in [0.4, 0.5) is 0 Å². The first kappa shape index (κ1) is 17.9. The second-order valence-electron chi connectivity index (χ2n) is 6.94. The van der Waals surface area contributed by atoms with Crippen LogP contribution in [0.3, 0.4) is 0 Å². The van der Waals surface area contributed by atoms with Crippen LogP contribution in [0, 0.1) is 0 Å². The van der Waals surface area contributed by atoms with Crippen molar-refractivity contribution in [2.45, 2.75) is 32.3 Å². The van der Waals surface area contributed by atoms with Crippen molar-refractivity contribution < 1.29 is 34.1 Å². The fourth-order valence-electron chi connectivity index (χ4n) is 3.88. The first-order valence-corrected chi connectivity index (χ1v) is 8.78. The molecule has 2 aromatic carbocycles. The largest absolute Gasteiger partial charge is 0.507 e. The minimum atomic E-state index is -1.01. The third-order valence-corrected chi connectivity index (χ3v) is 5.24. The predicted molar refractivity (Wildman–Crippen MR) is 95.5 cm³/mol. The van der Waals surface area contributed by atoms with E-state index in [9.17, 15) is 29.4 Å². The number of ketones is 3. The maximum absolute atomic E-state index is 13.0. The van der Waals surface area contributed by atoms with Crippen LogP contribution >= 0.6 is 0 Å². The lowest BCUT2D eigenvalue weighted by Gasteiger charge is -2.29. The van der Waals surface area contributed by atoms with Gasteiger partial charge < -0.3 is 19.7 Å².